The molecule has 6 heteroatoms. The molecular weight excluding hydrogens is 426 g/mol. The van der Waals surface area contributed by atoms with Crippen molar-refractivity contribution in [1.29, 1.82) is 0 Å². The van der Waals surface area contributed by atoms with Crippen LogP contribution in [0.3, 0.4) is 0 Å². The van der Waals surface area contributed by atoms with E-state index in [2.05, 4.69) is 0 Å². The monoisotopic (exact) mass is 447 g/mol. The van der Waals surface area contributed by atoms with E-state index in [-0.39, 0.29) is 5.76 Å². The number of aliphatic hydroxyl groups excluding tert-OH is 1. The number of amides is 1. The first-order chi connectivity index (χ1) is 15.4. The molecule has 0 aliphatic carbocycles. The van der Waals surface area contributed by atoms with Gasteiger partial charge in [-0.2, -0.15) is 0 Å². The molecule has 1 heterocycles. The van der Waals surface area contributed by atoms with Crippen LogP contribution in [0.5, 0.6) is 0 Å². The van der Waals surface area contributed by atoms with Crippen LogP contribution in [-0.2, 0) is 16.1 Å². The van der Waals surface area contributed by atoms with E-state index in [0.717, 1.165) is 22.3 Å². The van der Waals surface area contributed by atoms with Gasteiger partial charge in [0.15, 0.2) is 5.76 Å². The lowest BCUT2D eigenvalue weighted by Gasteiger charge is -2.27. The molecule has 0 saturated carbocycles. The second-order valence-electron chi connectivity index (χ2n) is 7.70. The van der Waals surface area contributed by atoms with E-state index in [4.69, 9.17) is 16.3 Å². The molecule has 5 nitrogen and oxygen atoms in total. The summed E-state index contributed by atoms with van der Waals surface area (Å²) in [6.07, 6.45) is 0. The Hall–Kier alpha value is -3.57. The molecule has 1 N–H and O–H groups in total. The predicted octanol–water partition coefficient (Wildman–Crippen LogP) is 5.49. The Kier molecular flexibility index (Phi) is 6.01. The summed E-state index contributed by atoms with van der Waals surface area (Å²) in [5, 5.41) is 11.5. The maximum atomic E-state index is 13.2. The van der Waals surface area contributed by atoms with Crippen LogP contribution in [-0.4, -0.2) is 29.0 Å². The minimum Gasteiger partial charge on any atom is -0.503 e. The summed E-state index contributed by atoms with van der Waals surface area (Å²) in [5.74, 6) is -1.16. The number of methoxy groups -OCH3 is 1. The molecule has 0 spiro atoms. The van der Waals surface area contributed by atoms with Crippen molar-refractivity contribution in [3.8, 4) is 0 Å². The van der Waals surface area contributed by atoms with Gasteiger partial charge in [0.25, 0.3) is 5.91 Å². The van der Waals surface area contributed by atoms with Crippen LogP contribution in [0.2, 0.25) is 5.02 Å². The van der Waals surface area contributed by atoms with E-state index in [1.165, 1.54) is 7.11 Å². The molecule has 162 valence electrons. The molecule has 1 atom stereocenters. The summed E-state index contributed by atoms with van der Waals surface area (Å²) in [6, 6.07) is 21.3. The second kappa shape index (κ2) is 8.89. The van der Waals surface area contributed by atoms with E-state index in [1.807, 2.05) is 43.3 Å². The molecule has 0 fully saturated rings. The lowest BCUT2D eigenvalue weighted by Crippen LogP contribution is -2.29. The second-order valence-corrected chi connectivity index (χ2v) is 8.14. The average Bonchev–Trinajstić information content (AvgIpc) is 3.05. The molecule has 1 aliphatic rings. The van der Waals surface area contributed by atoms with Crippen molar-refractivity contribution in [3.05, 3.63) is 111 Å². The number of benzene rings is 3. The van der Waals surface area contributed by atoms with Crippen molar-refractivity contribution in [1.82, 2.24) is 4.90 Å². The number of halogens is 1. The van der Waals surface area contributed by atoms with Gasteiger partial charge in [-0.1, -0.05) is 65.7 Å². The molecule has 0 bridgehead atoms. The summed E-state index contributed by atoms with van der Waals surface area (Å²) in [7, 11) is 1.33. The van der Waals surface area contributed by atoms with E-state index in [1.54, 1.807) is 41.3 Å². The fourth-order valence-corrected chi connectivity index (χ4v) is 4.02. The highest BCUT2D eigenvalue weighted by atomic mass is 35.5. The van der Waals surface area contributed by atoms with Crippen LogP contribution in [0.1, 0.15) is 38.7 Å². The molecule has 1 aliphatic heterocycles. The largest absolute Gasteiger partial charge is 0.503 e. The molecule has 0 radical (unpaired) electrons. The highest BCUT2D eigenvalue weighted by Crippen LogP contribution is 2.43. The maximum absolute atomic E-state index is 13.2. The topological polar surface area (TPSA) is 66.8 Å². The van der Waals surface area contributed by atoms with Crippen molar-refractivity contribution in [3.63, 3.8) is 0 Å². The van der Waals surface area contributed by atoms with Gasteiger partial charge in [0.2, 0.25) is 0 Å². The quantitative estimate of drug-likeness (QED) is 0.525. The van der Waals surface area contributed by atoms with Crippen LogP contribution in [0.4, 0.5) is 0 Å². The van der Waals surface area contributed by atoms with E-state index in [9.17, 15) is 14.7 Å². The third-order valence-electron chi connectivity index (χ3n) is 5.58. The number of carbonyl (C=O) groups is 2. The van der Waals surface area contributed by atoms with Crippen molar-refractivity contribution in [2.45, 2.75) is 19.5 Å². The number of ether oxygens (including phenoxy) is 1. The first kappa shape index (κ1) is 21.7. The molecule has 0 saturated heterocycles. The van der Waals surface area contributed by atoms with Gasteiger partial charge in [0.1, 0.15) is 0 Å². The summed E-state index contributed by atoms with van der Waals surface area (Å²) >= 11 is 6.01. The third-order valence-corrected chi connectivity index (χ3v) is 5.83. The Morgan fingerprint density at radius 2 is 1.62 bits per heavy atom. The lowest BCUT2D eigenvalue weighted by molar-refractivity contribution is -0.130. The normalized spacial score (nSPS) is 15.9. The van der Waals surface area contributed by atoms with Crippen molar-refractivity contribution >= 4 is 29.1 Å². The van der Waals surface area contributed by atoms with Gasteiger partial charge in [0, 0.05) is 17.1 Å². The van der Waals surface area contributed by atoms with Crippen molar-refractivity contribution in [2.75, 3.05) is 7.11 Å². The maximum Gasteiger partial charge on any atom is 0.337 e. The van der Waals surface area contributed by atoms with E-state index < -0.39 is 17.9 Å². The van der Waals surface area contributed by atoms with Crippen LogP contribution < -0.4 is 0 Å². The fraction of sp³-hybridized carbons (Fsp3) is 0.154. The van der Waals surface area contributed by atoms with Crippen molar-refractivity contribution < 1.29 is 19.4 Å². The van der Waals surface area contributed by atoms with E-state index in [0.29, 0.717) is 22.7 Å². The van der Waals surface area contributed by atoms with Crippen LogP contribution in [0.25, 0.3) is 5.57 Å². The number of carbonyl (C=O) groups excluding carboxylic acids is 2. The molecule has 4 rings (SSSR count). The van der Waals surface area contributed by atoms with Gasteiger partial charge in [-0.15, -0.1) is 0 Å². The Labute approximate surface area is 191 Å². The smallest absolute Gasteiger partial charge is 0.337 e. The molecule has 32 heavy (non-hydrogen) atoms. The molecule has 0 unspecified atom stereocenters. The Bertz CT molecular complexity index is 1180. The number of esters is 1. The Morgan fingerprint density at radius 1 is 1.00 bits per heavy atom. The van der Waals surface area contributed by atoms with Gasteiger partial charge in [-0.3, -0.25) is 4.79 Å². The first-order valence-corrected chi connectivity index (χ1v) is 10.5. The zero-order valence-electron chi connectivity index (χ0n) is 17.7. The molecular formula is C26H22ClNO4. The number of rotatable bonds is 5. The minimum absolute atomic E-state index is 0.273. The van der Waals surface area contributed by atoms with Gasteiger partial charge in [-0.25, -0.2) is 4.79 Å². The van der Waals surface area contributed by atoms with E-state index >= 15 is 0 Å². The average molecular weight is 448 g/mol. The fourth-order valence-electron chi connectivity index (χ4n) is 3.90. The minimum atomic E-state index is -0.521. The molecule has 1 amide bonds. The number of aliphatic hydroxyl groups is 1. The zero-order valence-corrected chi connectivity index (χ0v) is 18.5. The standard InChI is InChI=1S/C26H22ClNO4/c1-16-3-7-18(8-4-16)22-23(19-9-11-20(12-10-19)26(31)32-2)28(25(30)24(22)29)15-17-5-13-21(27)14-6-17/h3-14,23,29H,15H2,1-2H3/t23-/m0/s1. The van der Waals surface area contributed by atoms with Gasteiger partial charge in [-0.05, 0) is 47.9 Å². The number of aryl methyl sites for hydroxylation is 1. The van der Waals surface area contributed by atoms with Crippen LogP contribution >= 0.6 is 11.6 Å². The Balaban J connectivity index is 1.79. The number of hydrogen-bond donors (Lipinski definition) is 1. The Morgan fingerprint density at radius 3 is 2.22 bits per heavy atom. The molecule has 3 aromatic rings. The van der Waals surface area contributed by atoms with Gasteiger partial charge < -0.3 is 14.7 Å². The first-order valence-electron chi connectivity index (χ1n) is 10.1. The number of hydrogen-bond acceptors (Lipinski definition) is 4. The highest BCUT2D eigenvalue weighted by Gasteiger charge is 2.41. The third kappa shape index (κ3) is 4.12. The van der Waals surface area contributed by atoms with Gasteiger partial charge in [0.05, 0.1) is 18.7 Å². The molecule has 3 aromatic carbocycles. The predicted molar refractivity (Wildman–Crippen MR) is 123 cm³/mol. The van der Waals surface area contributed by atoms with Crippen molar-refractivity contribution in [2.24, 2.45) is 0 Å². The van der Waals surface area contributed by atoms with Gasteiger partial charge >= 0.3 is 5.97 Å². The number of nitrogens with zero attached hydrogens (tertiary/aromatic N) is 1. The lowest BCUT2D eigenvalue weighted by atomic mass is 9.92. The van der Waals surface area contributed by atoms with Crippen LogP contribution in [0.15, 0.2) is 78.6 Å². The SMILES string of the molecule is COC(=O)c1ccc([C@H]2C(c3ccc(C)cc3)=C(O)C(=O)N2Cc2ccc(Cl)cc2)cc1. The van der Waals surface area contributed by atoms with Crippen LogP contribution in [0, 0.1) is 6.92 Å². The highest BCUT2D eigenvalue weighted by molar-refractivity contribution is 6.30. The zero-order chi connectivity index (χ0) is 22.8. The summed E-state index contributed by atoms with van der Waals surface area (Å²) in [4.78, 5) is 26.6. The summed E-state index contributed by atoms with van der Waals surface area (Å²) in [6.45, 7) is 2.27. The summed E-state index contributed by atoms with van der Waals surface area (Å²) < 4.78 is 4.78. The molecule has 0 aromatic heterocycles. The summed E-state index contributed by atoms with van der Waals surface area (Å²) in [5.41, 5.74) is 4.46.